The second-order valence-corrected chi connectivity index (χ2v) is 8.96. The van der Waals surface area contributed by atoms with Gasteiger partial charge in [0.15, 0.2) is 0 Å². The average Bonchev–Trinajstić information content (AvgIpc) is 3.17. The number of nitrogens with one attached hydrogen (secondary N) is 1. The maximum Gasteiger partial charge on any atom is 0.242 e. The zero-order valence-corrected chi connectivity index (χ0v) is 14.5. The molecule has 8 heteroatoms. The number of hydrogen-bond acceptors (Lipinski definition) is 5. The third kappa shape index (κ3) is 4.02. The molecule has 0 aliphatic heterocycles. The summed E-state index contributed by atoms with van der Waals surface area (Å²) in [6.45, 7) is 4.03. The minimum Gasteiger partial charge on any atom is -0.391 e. The van der Waals surface area contributed by atoms with E-state index in [0.717, 1.165) is 13.1 Å². The predicted octanol–water partition coefficient (Wildman–Crippen LogP) is 1.77. The van der Waals surface area contributed by atoms with Crippen LogP contribution in [0.15, 0.2) is 14.7 Å². The van der Waals surface area contributed by atoms with E-state index in [2.05, 4.69) is 32.5 Å². The molecule has 1 aromatic rings. The number of likely N-dealkylation sites (N-methyl/N-ethyl adjacent to an activating group) is 1. The Morgan fingerprint density at radius 1 is 1.55 bits per heavy atom. The molecule has 1 aliphatic carbocycles. The molecule has 0 radical (unpaired) electrons. The Balaban J connectivity index is 1.94. The van der Waals surface area contributed by atoms with E-state index < -0.39 is 10.0 Å². The summed E-state index contributed by atoms with van der Waals surface area (Å²) in [6.07, 6.45) is 2.44. The third-order valence-corrected chi connectivity index (χ3v) is 7.01. The molecule has 1 aromatic heterocycles. The lowest BCUT2D eigenvalue weighted by Crippen LogP contribution is -2.36. The number of sulfonamides is 1. The van der Waals surface area contributed by atoms with Gasteiger partial charge in [-0.05, 0) is 41.4 Å². The first kappa shape index (κ1) is 16.4. The number of nitrogens with zero attached hydrogens (tertiary/aromatic N) is 1. The Bertz CT molecular complexity index is 555. The Morgan fingerprint density at radius 3 is 2.75 bits per heavy atom. The summed E-state index contributed by atoms with van der Waals surface area (Å²) in [7, 11) is -3.51. The number of hydrogen-bond donors (Lipinski definition) is 2. The van der Waals surface area contributed by atoms with Gasteiger partial charge in [-0.15, -0.1) is 11.3 Å². The summed E-state index contributed by atoms with van der Waals surface area (Å²) in [5.41, 5.74) is 0. The number of aliphatic hydroxyl groups is 1. The van der Waals surface area contributed by atoms with Crippen molar-refractivity contribution in [2.45, 2.75) is 37.3 Å². The van der Waals surface area contributed by atoms with Gasteiger partial charge in [0.25, 0.3) is 0 Å². The molecule has 114 valence electrons. The number of aliphatic hydroxyl groups excluding tert-OH is 1. The van der Waals surface area contributed by atoms with Crippen LogP contribution < -0.4 is 4.72 Å². The summed E-state index contributed by atoms with van der Waals surface area (Å²) in [6, 6.07) is 2.15. The van der Waals surface area contributed by atoms with E-state index in [0.29, 0.717) is 21.3 Å². The van der Waals surface area contributed by atoms with Crippen LogP contribution in [0.3, 0.4) is 0 Å². The first-order chi connectivity index (χ1) is 9.47. The lowest BCUT2D eigenvalue weighted by molar-refractivity contribution is 0.282. The van der Waals surface area contributed by atoms with Crippen LogP contribution in [0.25, 0.3) is 0 Å². The monoisotopic (exact) mass is 382 g/mol. The fraction of sp³-hybridized carbons (Fsp3) is 0.667. The molecule has 0 amide bonds. The van der Waals surface area contributed by atoms with Crippen LogP contribution in [0.1, 0.15) is 24.6 Å². The Kier molecular flexibility index (Phi) is 5.61. The summed E-state index contributed by atoms with van der Waals surface area (Å²) in [5.74, 6) is 0. The largest absolute Gasteiger partial charge is 0.391 e. The van der Waals surface area contributed by atoms with Crippen LogP contribution in [0.2, 0.25) is 0 Å². The molecule has 1 fully saturated rings. The number of rotatable bonds is 8. The van der Waals surface area contributed by atoms with Crippen molar-refractivity contribution in [1.82, 2.24) is 9.62 Å². The third-order valence-electron chi connectivity index (χ3n) is 3.31. The molecule has 1 aliphatic rings. The van der Waals surface area contributed by atoms with Crippen molar-refractivity contribution in [2.24, 2.45) is 0 Å². The van der Waals surface area contributed by atoms with E-state index in [9.17, 15) is 8.42 Å². The van der Waals surface area contributed by atoms with Gasteiger partial charge in [-0.3, -0.25) is 4.90 Å². The Labute approximate surface area is 132 Å². The molecule has 2 rings (SSSR count). The lowest BCUT2D eigenvalue weighted by Gasteiger charge is -2.19. The van der Waals surface area contributed by atoms with Crippen molar-refractivity contribution >= 4 is 37.3 Å². The van der Waals surface area contributed by atoms with Crippen molar-refractivity contribution in [2.75, 3.05) is 19.6 Å². The summed E-state index contributed by atoms with van der Waals surface area (Å²) >= 11 is 4.48. The minimum atomic E-state index is -3.51. The maximum atomic E-state index is 12.2. The molecular weight excluding hydrogens is 364 g/mol. The maximum absolute atomic E-state index is 12.2. The first-order valence-corrected chi connectivity index (χ1v) is 9.70. The number of thiophene rings is 1. The summed E-state index contributed by atoms with van der Waals surface area (Å²) in [4.78, 5) is 3.14. The topological polar surface area (TPSA) is 69.6 Å². The SMILES string of the molecule is CCN(CCNS(=O)(=O)c1cc(CO)sc1Br)C1CC1. The van der Waals surface area contributed by atoms with E-state index in [1.807, 2.05) is 0 Å². The molecule has 0 saturated heterocycles. The summed E-state index contributed by atoms with van der Waals surface area (Å²) in [5, 5.41) is 9.06. The molecular formula is C12H19BrN2O3S2. The van der Waals surface area contributed by atoms with Crippen molar-refractivity contribution < 1.29 is 13.5 Å². The Hall–Kier alpha value is 0.01000. The van der Waals surface area contributed by atoms with E-state index >= 15 is 0 Å². The van der Waals surface area contributed by atoms with Crippen molar-refractivity contribution in [3.05, 3.63) is 14.7 Å². The van der Waals surface area contributed by atoms with Gasteiger partial charge >= 0.3 is 0 Å². The Morgan fingerprint density at radius 2 is 2.25 bits per heavy atom. The molecule has 5 nitrogen and oxygen atoms in total. The fourth-order valence-electron chi connectivity index (χ4n) is 2.10. The van der Waals surface area contributed by atoms with Gasteiger partial charge in [-0.1, -0.05) is 6.92 Å². The van der Waals surface area contributed by atoms with Gasteiger partial charge in [0.1, 0.15) is 4.90 Å². The molecule has 1 saturated carbocycles. The molecule has 0 bridgehead atoms. The van der Waals surface area contributed by atoms with Crippen LogP contribution >= 0.6 is 27.3 Å². The van der Waals surface area contributed by atoms with E-state index in [-0.39, 0.29) is 11.5 Å². The fourth-order valence-corrected chi connectivity index (χ4v) is 5.66. The molecule has 0 aromatic carbocycles. The molecule has 0 spiro atoms. The van der Waals surface area contributed by atoms with E-state index in [1.165, 1.54) is 30.2 Å². The van der Waals surface area contributed by atoms with Crippen LogP contribution in [0, 0.1) is 0 Å². The van der Waals surface area contributed by atoms with Crippen LogP contribution in [0.5, 0.6) is 0 Å². The van der Waals surface area contributed by atoms with Crippen molar-refractivity contribution in [3.63, 3.8) is 0 Å². The van der Waals surface area contributed by atoms with Crippen LogP contribution in [-0.4, -0.2) is 44.1 Å². The molecule has 1 heterocycles. The zero-order valence-electron chi connectivity index (χ0n) is 11.3. The smallest absolute Gasteiger partial charge is 0.242 e. The number of halogens is 1. The van der Waals surface area contributed by atoms with Gasteiger partial charge in [0.05, 0.1) is 10.4 Å². The van der Waals surface area contributed by atoms with Crippen molar-refractivity contribution in [1.29, 1.82) is 0 Å². The highest BCUT2D eigenvalue weighted by Crippen LogP contribution is 2.31. The second kappa shape index (κ2) is 6.85. The molecule has 0 atom stereocenters. The van der Waals surface area contributed by atoms with Crippen molar-refractivity contribution in [3.8, 4) is 0 Å². The molecule has 20 heavy (non-hydrogen) atoms. The molecule has 2 N–H and O–H groups in total. The average molecular weight is 383 g/mol. The zero-order chi connectivity index (χ0) is 14.8. The second-order valence-electron chi connectivity index (χ2n) is 4.77. The van der Waals surface area contributed by atoms with Gasteiger partial charge < -0.3 is 5.11 Å². The van der Waals surface area contributed by atoms with E-state index in [4.69, 9.17) is 5.11 Å². The first-order valence-electron chi connectivity index (χ1n) is 6.60. The normalized spacial score (nSPS) is 16.0. The van der Waals surface area contributed by atoms with Gasteiger partial charge in [-0.2, -0.15) is 0 Å². The van der Waals surface area contributed by atoms with Gasteiger partial charge in [0.2, 0.25) is 10.0 Å². The van der Waals surface area contributed by atoms with Crippen LogP contribution in [0.4, 0.5) is 0 Å². The highest BCUT2D eigenvalue weighted by atomic mass is 79.9. The lowest BCUT2D eigenvalue weighted by atomic mass is 10.4. The standard InChI is InChI=1S/C12H19BrN2O3S2/c1-2-15(9-3-4-9)6-5-14-20(17,18)11-7-10(8-16)19-12(11)13/h7,9,14,16H,2-6,8H2,1H3. The highest BCUT2D eigenvalue weighted by Gasteiger charge is 2.28. The predicted molar refractivity (Wildman–Crippen MR) is 83.4 cm³/mol. The van der Waals surface area contributed by atoms with Gasteiger partial charge in [-0.25, -0.2) is 13.1 Å². The molecule has 0 unspecified atom stereocenters. The highest BCUT2D eigenvalue weighted by molar-refractivity contribution is 9.11. The van der Waals surface area contributed by atoms with E-state index in [1.54, 1.807) is 0 Å². The van der Waals surface area contributed by atoms with Crippen LogP contribution in [-0.2, 0) is 16.6 Å². The van der Waals surface area contributed by atoms with Gasteiger partial charge in [0, 0.05) is 24.0 Å². The summed E-state index contributed by atoms with van der Waals surface area (Å²) < 4.78 is 27.6. The quantitative estimate of drug-likeness (QED) is 0.718. The minimum absolute atomic E-state index is 0.149.